The van der Waals surface area contributed by atoms with Crippen molar-refractivity contribution in [2.45, 2.75) is 24.6 Å². The third-order valence-corrected chi connectivity index (χ3v) is 6.24. The van der Waals surface area contributed by atoms with Crippen molar-refractivity contribution in [3.8, 4) is 17.3 Å². The van der Waals surface area contributed by atoms with Gasteiger partial charge in [-0.15, -0.1) is 0 Å². The predicted molar refractivity (Wildman–Crippen MR) is 123 cm³/mol. The monoisotopic (exact) mass is 475 g/mol. The van der Waals surface area contributed by atoms with E-state index >= 15 is 8.78 Å². The number of allylic oxidation sites excluding steroid dienone is 7. The first kappa shape index (κ1) is 22.5. The number of halogens is 3. The Morgan fingerprint density at radius 2 is 2.00 bits per heavy atom. The Hall–Kier alpha value is -4.32. The smallest absolute Gasteiger partial charge is 0.282 e. The number of hydrogen-bond acceptors (Lipinski definition) is 4. The lowest BCUT2D eigenvalue weighted by molar-refractivity contribution is 0.0854. The molecule has 2 aliphatic carbocycles. The summed E-state index contributed by atoms with van der Waals surface area (Å²) < 4.78 is 47.1. The van der Waals surface area contributed by atoms with Crippen molar-refractivity contribution in [3.05, 3.63) is 102 Å². The van der Waals surface area contributed by atoms with Crippen LogP contribution < -0.4 is 5.73 Å². The van der Waals surface area contributed by atoms with Crippen molar-refractivity contribution in [1.29, 1.82) is 5.26 Å². The lowest BCUT2D eigenvalue weighted by atomic mass is 9.86. The molecule has 2 atom stereocenters. The Kier molecular flexibility index (Phi) is 5.44. The maximum absolute atomic E-state index is 16.2. The van der Waals surface area contributed by atoms with E-state index in [2.05, 4.69) is 5.10 Å². The molecule has 9 heteroatoms. The van der Waals surface area contributed by atoms with Gasteiger partial charge in [-0.3, -0.25) is 14.4 Å². The number of nitriles is 1. The minimum absolute atomic E-state index is 0.110. The van der Waals surface area contributed by atoms with E-state index in [1.165, 1.54) is 47.7 Å². The van der Waals surface area contributed by atoms with E-state index in [0.29, 0.717) is 18.5 Å². The van der Waals surface area contributed by atoms with E-state index in [1.807, 2.05) is 0 Å². The molecule has 35 heavy (non-hydrogen) atoms. The molecule has 2 aromatic rings. The van der Waals surface area contributed by atoms with Gasteiger partial charge in [-0.05, 0) is 61.3 Å². The van der Waals surface area contributed by atoms with Gasteiger partial charge >= 0.3 is 0 Å². The van der Waals surface area contributed by atoms with Gasteiger partial charge in [0.25, 0.3) is 5.91 Å². The molecule has 1 saturated carbocycles. The first-order valence-corrected chi connectivity index (χ1v) is 11.0. The lowest BCUT2D eigenvalue weighted by Crippen LogP contribution is -2.38. The van der Waals surface area contributed by atoms with Gasteiger partial charge in [0.05, 0.1) is 11.3 Å². The molecule has 0 bridgehead atoms. The Morgan fingerprint density at radius 3 is 2.71 bits per heavy atom. The molecule has 1 aromatic carbocycles. The summed E-state index contributed by atoms with van der Waals surface area (Å²) >= 11 is 0. The molecule has 6 nitrogen and oxygen atoms in total. The van der Waals surface area contributed by atoms with E-state index in [1.54, 1.807) is 24.3 Å². The summed E-state index contributed by atoms with van der Waals surface area (Å²) in [4.78, 5) is 14.5. The molecule has 1 aromatic heterocycles. The molecule has 0 saturated heterocycles. The number of alkyl halides is 1. The Balaban J connectivity index is 1.66. The van der Waals surface area contributed by atoms with Crippen LogP contribution in [-0.2, 0) is 0 Å². The number of rotatable bonds is 4. The third-order valence-electron chi connectivity index (χ3n) is 6.24. The molecule has 0 radical (unpaired) electrons. The van der Waals surface area contributed by atoms with Crippen LogP contribution in [0.4, 0.5) is 13.2 Å². The van der Waals surface area contributed by atoms with Crippen molar-refractivity contribution < 1.29 is 18.0 Å². The molecule has 5 rings (SSSR count). The standard InChI is InChI=1S/C26H20F3N5O/c27-20-5-3-10-26(29,18-8-9-18)24(20)34-23(16-6-7-17(14-30)21(28)12-16)13-22(32-34)25(35)33-11-2-1-4-19(31)15-33/h1-7,10-13,15,18,24H,8-9,31H2/t24-,26?/m1/s1. The number of nitrogens with two attached hydrogens (primary N) is 1. The first-order chi connectivity index (χ1) is 16.8. The zero-order valence-corrected chi connectivity index (χ0v) is 18.4. The number of amides is 1. The highest BCUT2D eigenvalue weighted by Crippen LogP contribution is 2.53. The largest absolute Gasteiger partial charge is 0.398 e. The first-order valence-electron chi connectivity index (χ1n) is 11.0. The average molecular weight is 475 g/mol. The Bertz CT molecular complexity index is 1410. The van der Waals surface area contributed by atoms with E-state index < -0.39 is 35.2 Å². The SMILES string of the molecule is N#Cc1ccc(-c2cc(C(=O)N3C=CC=CC(N)=C3)nn2[C@@H]2C(F)=CC=CC2(F)C2CC2)cc1F. The molecular weight excluding hydrogens is 455 g/mol. The zero-order valence-electron chi connectivity index (χ0n) is 18.4. The number of carbonyl (C=O) groups is 1. The predicted octanol–water partition coefficient (Wildman–Crippen LogP) is 4.97. The van der Waals surface area contributed by atoms with Gasteiger partial charge in [0.1, 0.15) is 23.8 Å². The lowest BCUT2D eigenvalue weighted by Gasteiger charge is -2.33. The second-order valence-electron chi connectivity index (χ2n) is 8.62. The Labute approximate surface area is 199 Å². The fourth-order valence-electron chi connectivity index (χ4n) is 4.36. The fourth-order valence-corrected chi connectivity index (χ4v) is 4.36. The number of carbonyl (C=O) groups excluding carboxylic acids is 1. The molecule has 1 fully saturated rings. The molecule has 1 amide bonds. The van der Waals surface area contributed by atoms with Gasteiger partial charge in [0.2, 0.25) is 0 Å². The number of aromatic nitrogens is 2. The van der Waals surface area contributed by atoms with Gasteiger partial charge in [-0.25, -0.2) is 13.2 Å². The van der Waals surface area contributed by atoms with Crippen molar-refractivity contribution in [2.24, 2.45) is 11.7 Å². The highest BCUT2D eigenvalue weighted by atomic mass is 19.2. The molecular formula is C26H20F3N5O. The van der Waals surface area contributed by atoms with Crippen LogP contribution in [0.25, 0.3) is 11.3 Å². The van der Waals surface area contributed by atoms with Gasteiger partial charge in [0, 0.05) is 23.7 Å². The second-order valence-corrected chi connectivity index (χ2v) is 8.62. The molecule has 1 aliphatic heterocycles. The van der Waals surface area contributed by atoms with Crippen LogP contribution in [0.3, 0.4) is 0 Å². The summed E-state index contributed by atoms with van der Waals surface area (Å²) in [6, 6.07) is 5.44. The average Bonchev–Trinajstić information content (AvgIpc) is 3.64. The molecule has 0 spiro atoms. The molecule has 1 unspecified atom stereocenters. The van der Waals surface area contributed by atoms with Crippen LogP contribution in [0, 0.1) is 23.1 Å². The topological polar surface area (TPSA) is 87.9 Å². The zero-order chi connectivity index (χ0) is 24.7. The summed E-state index contributed by atoms with van der Waals surface area (Å²) in [6.07, 6.45) is 12.7. The molecule has 176 valence electrons. The van der Waals surface area contributed by atoms with Crippen LogP contribution in [-0.4, -0.2) is 26.3 Å². The van der Waals surface area contributed by atoms with E-state index in [4.69, 9.17) is 11.0 Å². The highest BCUT2D eigenvalue weighted by molar-refractivity contribution is 5.95. The van der Waals surface area contributed by atoms with E-state index in [9.17, 15) is 9.18 Å². The molecule has 2 heterocycles. The van der Waals surface area contributed by atoms with E-state index in [0.717, 1.165) is 16.8 Å². The highest BCUT2D eigenvalue weighted by Gasteiger charge is 2.54. The van der Waals surface area contributed by atoms with Crippen LogP contribution in [0.5, 0.6) is 0 Å². The number of hydrogen-bond donors (Lipinski definition) is 1. The molecule has 2 N–H and O–H groups in total. The second kappa shape index (κ2) is 8.47. The minimum Gasteiger partial charge on any atom is -0.398 e. The van der Waals surface area contributed by atoms with Crippen LogP contribution >= 0.6 is 0 Å². The third kappa shape index (κ3) is 3.97. The number of benzene rings is 1. The maximum atomic E-state index is 16.2. The van der Waals surface area contributed by atoms with Gasteiger partial charge in [-0.2, -0.15) is 10.4 Å². The van der Waals surface area contributed by atoms with Crippen LogP contribution in [0.2, 0.25) is 0 Å². The van der Waals surface area contributed by atoms with Crippen molar-refractivity contribution in [2.75, 3.05) is 0 Å². The van der Waals surface area contributed by atoms with Gasteiger partial charge in [-0.1, -0.05) is 18.2 Å². The Morgan fingerprint density at radius 1 is 1.20 bits per heavy atom. The van der Waals surface area contributed by atoms with Crippen LogP contribution in [0.1, 0.15) is 34.9 Å². The maximum Gasteiger partial charge on any atom is 0.282 e. The fraction of sp³-hybridized carbons (Fsp3) is 0.192. The number of nitrogens with zero attached hydrogens (tertiary/aromatic N) is 4. The van der Waals surface area contributed by atoms with E-state index in [-0.39, 0.29) is 22.5 Å². The summed E-state index contributed by atoms with van der Waals surface area (Å²) in [5.74, 6) is -2.55. The van der Waals surface area contributed by atoms with Crippen molar-refractivity contribution in [1.82, 2.24) is 14.7 Å². The summed E-state index contributed by atoms with van der Waals surface area (Å²) in [5, 5.41) is 13.4. The summed E-state index contributed by atoms with van der Waals surface area (Å²) in [5.41, 5.74) is 4.17. The minimum atomic E-state index is -2.07. The van der Waals surface area contributed by atoms with Crippen molar-refractivity contribution >= 4 is 5.91 Å². The normalized spacial score (nSPS) is 23.5. The van der Waals surface area contributed by atoms with Gasteiger partial charge < -0.3 is 5.73 Å². The van der Waals surface area contributed by atoms with Crippen LogP contribution in [0.15, 0.2) is 84.6 Å². The summed E-state index contributed by atoms with van der Waals surface area (Å²) in [7, 11) is 0. The summed E-state index contributed by atoms with van der Waals surface area (Å²) in [6.45, 7) is 0. The molecule has 3 aliphatic rings. The van der Waals surface area contributed by atoms with Gasteiger partial charge in [0.15, 0.2) is 11.4 Å². The van der Waals surface area contributed by atoms with Crippen molar-refractivity contribution in [3.63, 3.8) is 0 Å². The quantitative estimate of drug-likeness (QED) is 0.676.